The highest BCUT2D eigenvalue weighted by atomic mass is 16.6. The van der Waals surface area contributed by atoms with Gasteiger partial charge in [0.05, 0.1) is 10.6 Å². The highest BCUT2D eigenvalue weighted by Gasteiger charge is 2.25. The Hall–Kier alpha value is -4.00. The normalized spacial score (nSPS) is 14.6. The lowest BCUT2D eigenvalue weighted by Gasteiger charge is -2.36. The first kappa shape index (κ1) is 18.1. The molecule has 0 amide bonds. The molecule has 0 saturated carbocycles. The van der Waals surface area contributed by atoms with E-state index < -0.39 is 4.92 Å². The van der Waals surface area contributed by atoms with Crippen LogP contribution in [0.3, 0.4) is 0 Å². The lowest BCUT2D eigenvalue weighted by molar-refractivity contribution is -0.384. The van der Waals surface area contributed by atoms with E-state index in [9.17, 15) is 10.1 Å². The fraction of sp³-hybridized carbons (Fsp3) is 0.130. The number of anilines is 2. The van der Waals surface area contributed by atoms with Crippen molar-refractivity contribution in [3.8, 4) is 0 Å². The molecule has 0 aliphatic carbocycles. The molecule has 0 fully saturated rings. The Kier molecular flexibility index (Phi) is 3.92. The number of nitrogens with one attached hydrogen (secondary N) is 2. The van der Waals surface area contributed by atoms with Gasteiger partial charge in [0.15, 0.2) is 5.69 Å². The summed E-state index contributed by atoms with van der Waals surface area (Å²) in [5.74, 6) is 0. The molecule has 7 nitrogen and oxygen atoms in total. The van der Waals surface area contributed by atoms with Crippen LogP contribution in [0.15, 0.2) is 77.0 Å². The van der Waals surface area contributed by atoms with Crippen molar-refractivity contribution in [2.24, 2.45) is 10.2 Å². The molecular weight excluding hydrogens is 378 g/mol. The van der Waals surface area contributed by atoms with Crippen molar-refractivity contribution >= 4 is 50.0 Å². The minimum atomic E-state index is -0.422. The summed E-state index contributed by atoms with van der Waals surface area (Å²) < 4.78 is 0. The zero-order chi connectivity index (χ0) is 20.9. The molecule has 0 bridgehead atoms. The van der Waals surface area contributed by atoms with Crippen LogP contribution in [0.2, 0.25) is 0 Å². The predicted octanol–water partition coefficient (Wildman–Crippen LogP) is 6.89. The first-order valence-corrected chi connectivity index (χ1v) is 9.63. The summed E-state index contributed by atoms with van der Waals surface area (Å²) in [5, 5.41) is 30.8. The molecule has 2 N–H and O–H groups in total. The summed E-state index contributed by atoms with van der Waals surface area (Å²) in [6.07, 6.45) is 0. The first-order chi connectivity index (χ1) is 14.4. The maximum absolute atomic E-state index is 11.6. The SMILES string of the molecule is CC1(C)Nc2cccc3c(/N=N/c4c([N+](=O)[O-])ccc5ccccc45)ccc(c23)N1. The number of fused-ring (bicyclic) bond motifs is 1. The highest BCUT2D eigenvalue weighted by molar-refractivity contribution is 6.09. The Morgan fingerprint density at radius 1 is 0.833 bits per heavy atom. The summed E-state index contributed by atoms with van der Waals surface area (Å²) >= 11 is 0. The van der Waals surface area contributed by atoms with Gasteiger partial charge >= 0.3 is 0 Å². The summed E-state index contributed by atoms with van der Waals surface area (Å²) in [5.41, 5.74) is 2.61. The second kappa shape index (κ2) is 6.52. The molecule has 0 atom stereocenters. The summed E-state index contributed by atoms with van der Waals surface area (Å²) in [6, 6.07) is 20.5. The monoisotopic (exact) mass is 397 g/mol. The van der Waals surface area contributed by atoms with Crippen LogP contribution in [0, 0.1) is 10.1 Å². The molecule has 0 saturated heterocycles. The Balaban J connectivity index is 1.68. The van der Waals surface area contributed by atoms with Crippen LogP contribution in [0.5, 0.6) is 0 Å². The Labute approximate surface area is 172 Å². The van der Waals surface area contributed by atoms with Crippen molar-refractivity contribution in [2.75, 3.05) is 10.6 Å². The van der Waals surface area contributed by atoms with Crippen molar-refractivity contribution in [2.45, 2.75) is 19.5 Å². The van der Waals surface area contributed by atoms with E-state index in [0.717, 1.165) is 27.5 Å². The zero-order valence-electron chi connectivity index (χ0n) is 16.5. The number of azo groups is 1. The van der Waals surface area contributed by atoms with E-state index in [2.05, 4.69) is 34.7 Å². The minimum absolute atomic E-state index is 0.0646. The van der Waals surface area contributed by atoms with Gasteiger partial charge in [-0.1, -0.05) is 36.4 Å². The average Bonchev–Trinajstić information content (AvgIpc) is 2.72. The van der Waals surface area contributed by atoms with Crippen molar-refractivity contribution in [1.82, 2.24) is 0 Å². The summed E-state index contributed by atoms with van der Waals surface area (Å²) in [6.45, 7) is 4.14. The standard InChI is InChI=1S/C23H19N5O2/c1-23(2)24-18-9-5-8-16-17(11-12-19(25-23)21(16)18)26-27-22-15-7-4-3-6-14(15)10-13-20(22)28(29)30/h3-13,24-25H,1-2H3/b27-26+. The van der Waals surface area contributed by atoms with Gasteiger partial charge in [-0.2, -0.15) is 0 Å². The highest BCUT2D eigenvalue weighted by Crippen LogP contribution is 2.43. The van der Waals surface area contributed by atoms with Gasteiger partial charge in [0.1, 0.15) is 5.66 Å². The average molecular weight is 397 g/mol. The number of benzene rings is 4. The molecule has 5 rings (SSSR count). The largest absolute Gasteiger partial charge is 0.363 e. The lowest BCUT2D eigenvalue weighted by Crippen LogP contribution is -2.41. The fourth-order valence-electron chi connectivity index (χ4n) is 3.99. The van der Waals surface area contributed by atoms with Crippen LogP contribution >= 0.6 is 0 Å². The zero-order valence-corrected chi connectivity index (χ0v) is 16.5. The second-order valence-electron chi connectivity index (χ2n) is 7.85. The number of rotatable bonds is 3. The molecule has 4 aromatic carbocycles. The van der Waals surface area contributed by atoms with Gasteiger partial charge in [0.25, 0.3) is 5.69 Å². The van der Waals surface area contributed by atoms with E-state index in [1.165, 1.54) is 6.07 Å². The van der Waals surface area contributed by atoms with Gasteiger partial charge in [-0.15, -0.1) is 10.2 Å². The van der Waals surface area contributed by atoms with E-state index in [4.69, 9.17) is 0 Å². The van der Waals surface area contributed by atoms with Gasteiger partial charge in [0.2, 0.25) is 0 Å². The Morgan fingerprint density at radius 2 is 1.57 bits per heavy atom. The van der Waals surface area contributed by atoms with Crippen molar-refractivity contribution < 1.29 is 4.92 Å². The molecule has 1 aliphatic rings. The van der Waals surface area contributed by atoms with E-state index in [0.29, 0.717) is 11.1 Å². The van der Waals surface area contributed by atoms with Crippen molar-refractivity contribution in [3.63, 3.8) is 0 Å². The first-order valence-electron chi connectivity index (χ1n) is 9.63. The molecule has 7 heteroatoms. The number of nitro benzene ring substituents is 1. The van der Waals surface area contributed by atoms with Crippen molar-refractivity contribution in [1.29, 1.82) is 0 Å². The molecule has 0 unspecified atom stereocenters. The number of hydrogen-bond acceptors (Lipinski definition) is 6. The van der Waals surface area contributed by atoms with Crippen LogP contribution in [-0.4, -0.2) is 10.6 Å². The molecule has 1 heterocycles. The van der Waals surface area contributed by atoms with Gasteiger partial charge in [-0.3, -0.25) is 10.1 Å². The van der Waals surface area contributed by atoms with Crippen LogP contribution in [0.4, 0.5) is 28.4 Å². The Bertz CT molecular complexity index is 1350. The molecule has 4 aromatic rings. The quantitative estimate of drug-likeness (QED) is 0.224. The smallest absolute Gasteiger partial charge is 0.297 e. The van der Waals surface area contributed by atoms with E-state index >= 15 is 0 Å². The molecule has 0 spiro atoms. The third-order valence-corrected chi connectivity index (χ3v) is 5.25. The van der Waals surface area contributed by atoms with E-state index in [1.54, 1.807) is 6.07 Å². The van der Waals surface area contributed by atoms with E-state index in [1.807, 2.05) is 54.6 Å². The maximum atomic E-state index is 11.6. The topological polar surface area (TPSA) is 91.9 Å². The fourth-order valence-corrected chi connectivity index (χ4v) is 3.99. The Morgan fingerprint density at radius 3 is 2.37 bits per heavy atom. The van der Waals surface area contributed by atoms with Crippen molar-refractivity contribution in [3.05, 3.63) is 76.8 Å². The molecule has 1 aliphatic heterocycles. The predicted molar refractivity (Wildman–Crippen MR) is 120 cm³/mol. The molecule has 0 aromatic heterocycles. The van der Waals surface area contributed by atoms with Crippen LogP contribution < -0.4 is 10.6 Å². The lowest BCUT2D eigenvalue weighted by atomic mass is 10.00. The third-order valence-electron chi connectivity index (χ3n) is 5.25. The number of hydrogen-bond donors (Lipinski definition) is 2. The number of nitro groups is 1. The summed E-state index contributed by atoms with van der Waals surface area (Å²) in [7, 11) is 0. The molecule has 0 radical (unpaired) electrons. The minimum Gasteiger partial charge on any atom is -0.363 e. The molecular formula is C23H19N5O2. The maximum Gasteiger partial charge on any atom is 0.297 e. The van der Waals surface area contributed by atoms with Gasteiger partial charge in [-0.25, -0.2) is 0 Å². The van der Waals surface area contributed by atoms with Gasteiger partial charge in [-0.05, 0) is 43.5 Å². The van der Waals surface area contributed by atoms with E-state index in [-0.39, 0.29) is 17.0 Å². The third kappa shape index (κ3) is 2.91. The second-order valence-corrected chi connectivity index (χ2v) is 7.85. The van der Waals surface area contributed by atoms with Crippen LogP contribution in [-0.2, 0) is 0 Å². The van der Waals surface area contributed by atoms with Crippen LogP contribution in [0.25, 0.3) is 21.5 Å². The molecule has 30 heavy (non-hydrogen) atoms. The van der Waals surface area contributed by atoms with Gasteiger partial charge < -0.3 is 10.6 Å². The molecule has 148 valence electrons. The number of nitrogens with zero attached hydrogens (tertiary/aromatic N) is 3. The van der Waals surface area contributed by atoms with Gasteiger partial charge in [0, 0.05) is 33.6 Å². The summed E-state index contributed by atoms with van der Waals surface area (Å²) in [4.78, 5) is 11.2. The van der Waals surface area contributed by atoms with Crippen LogP contribution in [0.1, 0.15) is 13.8 Å².